The number of likely N-dealkylation sites (N-methyl/N-ethyl adjacent to an activating group) is 1. The number of ether oxygens (including phenoxy) is 1. The third kappa shape index (κ3) is 6.94. The molecular formula is C12H23NO4. The summed E-state index contributed by atoms with van der Waals surface area (Å²) in [5, 5.41) is 8.66. The van der Waals surface area contributed by atoms with Crippen molar-refractivity contribution in [1.82, 2.24) is 4.90 Å². The summed E-state index contributed by atoms with van der Waals surface area (Å²) in [6.07, 6.45) is 0.316. The van der Waals surface area contributed by atoms with Gasteiger partial charge in [-0.3, -0.25) is 9.59 Å². The van der Waals surface area contributed by atoms with Gasteiger partial charge in [0.25, 0.3) is 5.91 Å². The molecular weight excluding hydrogens is 222 g/mol. The summed E-state index contributed by atoms with van der Waals surface area (Å²) in [5.41, 5.74) is 0. The van der Waals surface area contributed by atoms with Crippen LogP contribution in [-0.4, -0.2) is 47.7 Å². The normalized spacial score (nSPS) is 12.5. The van der Waals surface area contributed by atoms with E-state index in [0.717, 1.165) is 6.42 Å². The lowest BCUT2D eigenvalue weighted by Crippen LogP contribution is -2.42. The van der Waals surface area contributed by atoms with E-state index >= 15 is 0 Å². The van der Waals surface area contributed by atoms with E-state index < -0.39 is 12.1 Å². The number of nitrogens with zero attached hydrogens (tertiary/aromatic N) is 1. The second kappa shape index (κ2) is 8.06. The fourth-order valence-electron chi connectivity index (χ4n) is 1.32. The summed E-state index contributed by atoms with van der Waals surface area (Å²) in [7, 11) is 0. The molecule has 5 nitrogen and oxygen atoms in total. The highest BCUT2D eigenvalue weighted by atomic mass is 16.5. The number of carbonyl (C=O) groups is 2. The average molecular weight is 245 g/mol. The molecule has 0 aliphatic heterocycles. The summed E-state index contributed by atoms with van der Waals surface area (Å²) in [6.45, 7) is 8.21. The zero-order chi connectivity index (χ0) is 13.4. The Hall–Kier alpha value is -1.10. The first-order chi connectivity index (χ1) is 7.88. The Labute approximate surface area is 103 Å². The molecule has 0 fully saturated rings. The molecule has 0 aliphatic rings. The van der Waals surface area contributed by atoms with Crippen LogP contribution in [-0.2, 0) is 14.3 Å². The molecule has 0 aromatic carbocycles. The zero-order valence-corrected chi connectivity index (χ0v) is 11.1. The van der Waals surface area contributed by atoms with Crippen LogP contribution in [0.15, 0.2) is 0 Å². The predicted molar refractivity (Wildman–Crippen MR) is 64.8 cm³/mol. The van der Waals surface area contributed by atoms with Crippen LogP contribution in [0, 0.1) is 5.92 Å². The van der Waals surface area contributed by atoms with Gasteiger partial charge in [0.05, 0.1) is 0 Å². The molecule has 0 rings (SSSR count). The van der Waals surface area contributed by atoms with E-state index in [0.29, 0.717) is 19.1 Å². The molecule has 0 aromatic rings. The predicted octanol–water partition coefficient (Wildman–Crippen LogP) is 1.37. The van der Waals surface area contributed by atoms with Gasteiger partial charge in [-0.25, -0.2) is 0 Å². The second-order valence-corrected chi connectivity index (χ2v) is 4.44. The minimum absolute atomic E-state index is 0.265. The maximum atomic E-state index is 11.8. The topological polar surface area (TPSA) is 66.8 Å². The molecule has 0 saturated carbocycles. The van der Waals surface area contributed by atoms with Crippen molar-refractivity contribution >= 4 is 11.9 Å². The Morgan fingerprint density at radius 2 is 1.88 bits per heavy atom. The molecule has 0 bridgehead atoms. The number of amides is 1. The summed E-state index contributed by atoms with van der Waals surface area (Å²) >= 11 is 0. The lowest BCUT2D eigenvalue weighted by molar-refractivity contribution is -0.150. The van der Waals surface area contributed by atoms with Gasteiger partial charge in [0, 0.05) is 13.2 Å². The molecule has 0 aromatic heterocycles. The Kier molecular flexibility index (Phi) is 7.54. The molecule has 1 unspecified atom stereocenters. The highest BCUT2D eigenvalue weighted by Gasteiger charge is 2.21. The zero-order valence-electron chi connectivity index (χ0n) is 11.1. The van der Waals surface area contributed by atoms with Crippen molar-refractivity contribution in [3.8, 4) is 0 Å². The maximum Gasteiger partial charge on any atom is 0.323 e. The SMILES string of the molecule is CCN(CC(=O)O)C(=O)C(C)OCCC(C)C. The van der Waals surface area contributed by atoms with Crippen LogP contribution in [0.5, 0.6) is 0 Å². The average Bonchev–Trinajstić information content (AvgIpc) is 2.23. The highest BCUT2D eigenvalue weighted by molar-refractivity contribution is 5.84. The van der Waals surface area contributed by atoms with Crippen molar-refractivity contribution in [3.63, 3.8) is 0 Å². The van der Waals surface area contributed by atoms with E-state index in [9.17, 15) is 9.59 Å². The van der Waals surface area contributed by atoms with E-state index in [1.807, 2.05) is 0 Å². The number of aliphatic carboxylic acids is 1. The molecule has 0 aliphatic carbocycles. The van der Waals surface area contributed by atoms with Gasteiger partial charge in [-0.2, -0.15) is 0 Å². The van der Waals surface area contributed by atoms with E-state index in [4.69, 9.17) is 9.84 Å². The first kappa shape index (κ1) is 15.9. The molecule has 0 spiro atoms. The van der Waals surface area contributed by atoms with Gasteiger partial charge in [-0.05, 0) is 26.2 Å². The molecule has 100 valence electrons. The Morgan fingerprint density at radius 3 is 2.29 bits per heavy atom. The van der Waals surface area contributed by atoms with E-state index in [-0.39, 0.29) is 12.5 Å². The second-order valence-electron chi connectivity index (χ2n) is 4.44. The molecule has 5 heteroatoms. The Bertz CT molecular complexity index is 253. The molecule has 0 heterocycles. The van der Waals surface area contributed by atoms with Gasteiger partial charge < -0.3 is 14.7 Å². The lowest BCUT2D eigenvalue weighted by atomic mass is 10.1. The molecule has 0 saturated heterocycles. The molecule has 1 N–H and O–H groups in total. The fourth-order valence-corrected chi connectivity index (χ4v) is 1.32. The van der Waals surface area contributed by atoms with Crippen molar-refractivity contribution < 1.29 is 19.4 Å². The van der Waals surface area contributed by atoms with Gasteiger partial charge in [-0.15, -0.1) is 0 Å². The third-order valence-electron chi connectivity index (χ3n) is 2.43. The van der Waals surface area contributed by atoms with Crippen LogP contribution < -0.4 is 0 Å². The quantitative estimate of drug-likeness (QED) is 0.701. The van der Waals surface area contributed by atoms with Crippen molar-refractivity contribution in [1.29, 1.82) is 0 Å². The molecule has 0 radical (unpaired) electrons. The van der Waals surface area contributed by atoms with Crippen molar-refractivity contribution in [2.24, 2.45) is 5.92 Å². The van der Waals surface area contributed by atoms with Crippen LogP contribution in [0.3, 0.4) is 0 Å². The number of hydrogen-bond acceptors (Lipinski definition) is 3. The number of rotatable bonds is 8. The van der Waals surface area contributed by atoms with Gasteiger partial charge in [-0.1, -0.05) is 13.8 Å². The number of hydrogen-bond donors (Lipinski definition) is 1. The Balaban J connectivity index is 4.12. The van der Waals surface area contributed by atoms with Crippen LogP contribution in [0.2, 0.25) is 0 Å². The number of carbonyl (C=O) groups excluding carboxylic acids is 1. The standard InChI is InChI=1S/C12H23NO4/c1-5-13(8-11(14)15)12(16)10(4)17-7-6-9(2)3/h9-10H,5-8H2,1-4H3,(H,14,15). The van der Waals surface area contributed by atoms with Crippen molar-refractivity contribution in [2.75, 3.05) is 19.7 Å². The van der Waals surface area contributed by atoms with Crippen LogP contribution >= 0.6 is 0 Å². The van der Waals surface area contributed by atoms with Crippen LogP contribution in [0.25, 0.3) is 0 Å². The minimum atomic E-state index is -1.01. The van der Waals surface area contributed by atoms with Gasteiger partial charge in [0.2, 0.25) is 0 Å². The summed E-state index contributed by atoms with van der Waals surface area (Å²) < 4.78 is 5.39. The van der Waals surface area contributed by atoms with Gasteiger partial charge in [0.15, 0.2) is 0 Å². The van der Waals surface area contributed by atoms with Gasteiger partial charge in [0.1, 0.15) is 12.6 Å². The van der Waals surface area contributed by atoms with Crippen LogP contribution in [0.4, 0.5) is 0 Å². The van der Waals surface area contributed by atoms with E-state index in [1.54, 1.807) is 13.8 Å². The third-order valence-corrected chi connectivity index (χ3v) is 2.43. The van der Waals surface area contributed by atoms with Crippen LogP contribution in [0.1, 0.15) is 34.1 Å². The Morgan fingerprint density at radius 1 is 1.29 bits per heavy atom. The van der Waals surface area contributed by atoms with Gasteiger partial charge >= 0.3 is 5.97 Å². The summed E-state index contributed by atoms with van der Waals surface area (Å²) in [6, 6.07) is 0. The molecule has 1 atom stereocenters. The minimum Gasteiger partial charge on any atom is -0.480 e. The fraction of sp³-hybridized carbons (Fsp3) is 0.833. The largest absolute Gasteiger partial charge is 0.480 e. The van der Waals surface area contributed by atoms with E-state index in [1.165, 1.54) is 4.90 Å². The van der Waals surface area contributed by atoms with Crippen molar-refractivity contribution in [3.05, 3.63) is 0 Å². The molecule has 1 amide bonds. The first-order valence-corrected chi connectivity index (χ1v) is 6.00. The lowest BCUT2D eigenvalue weighted by Gasteiger charge is -2.23. The monoisotopic (exact) mass is 245 g/mol. The van der Waals surface area contributed by atoms with Crippen molar-refractivity contribution in [2.45, 2.75) is 40.2 Å². The first-order valence-electron chi connectivity index (χ1n) is 6.00. The van der Waals surface area contributed by atoms with E-state index in [2.05, 4.69) is 13.8 Å². The maximum absolute atomic E-state index is 11.8. The number of carboxylic acids is 1. The molecule has 17 heavy (non-hydrogen) atoms. The number of carboxylic acid groups (broad SMARTS) is 1. The highest BCUT2D eigenvalue weighted by Crippen LogP contribution is 2.04. The smallest absolute Gasteiger partial charge is 0.323 e. The summed E-state index contributed by atoms with van der Waals surface area (Å²) in [5.74, 6) is -0.744. The summed E-state index contributed by atoms with van der Waals surface area (Å²) in [4.78, 5) is 23.7.